The lowest BCUT2D eigenvalue weighted by Gasteiger charge is -2.33. The zero-order valence-electron chi connectivity index (χ0n) is 24.8. The number of hydrogen-bond acceptors (Lipinski definition) is 5. The van der Waals surface area contributed by atoms with E-state index in [4.69, 9.17) is 9.26 Å². The van der Waals surface area contributed by atoms with E-state index in [9.17, 15) is 19.4 Å². The lowest BCUT2D eigenvalue weighted by Crippen LogP contribution is -2.40. The fraction of sp³-hybridized carbons (Fsp3) is 0.967. The van der Waals surface area contributed by atoms with E-state index in [2.05, 4.69) is 13.8 Å². The van der Waals surface area contributed by atoms with Gasteiger partial charge in [0.1, 0.15) is 0 Å². The second kappa shape index (κ2) is 21.6. The Kier molecular flexibility index (Phi) is 20.5. The summed E-state index contributed by atoms with van der Waals surface area (Å²) < 4.78 is 22.2. The number of hydrogen-bond donors (Lipinski definition) is 2. The van der Waals surface area contributed by atoms with Crippen LogP contribution in [-0.2, 0) is 18.6 Å². The van der Waals surface area contributed by atoms with Crippen LogP contribution < -0.4 is 0 Å². The van der Waals surface area contributed by atoms with E-state index >= 15 is 0 Å². The summed E-state index contributed by atoms with van der Waals surface area (Å²) in [4.78, 5) is 23.5. The molecule has 0 bridgehead atoms. The molecule has 0 heterocycles. The average Bonchev–Trinajstić information content (AvgIpc) is 3.18. The third-order valence-electron chi connectivity index (χ3n) is 7.94. The van der Waals surface area contributed by atoms with Gasteiger partial charge in [-0.25, -0.2) is 4.79 Å². The normalized spacial score (nSPS) is 18.9. The van der Waals surface area contributed by atoms with Crippen LogP contribution in [0.4, 0.5) is 0 Å². The van der Waals surface area contributed by atoms with Crippen molar-refractivity contribution in [2.24, 2.45) is 11.8 Å². The van der Waals surface area contributed by atoms with Gasteiger partial charge in [0.2, 0.25) is 0 Å². The van der Waals surface area contributed by atoms with Crippen molar-refractivity contribution >= 4 is 25.3 Å². The van der Waals surface area contributed by atoms with E-state index in [0.29, 0.717) is 30.4 Å². The van der Waals surface area contributed by atoms with Crippen LogP contribution in [-0.4, -0.2) is 39.6 Å². The second-order valence-corrected chi connectivity index (χ2v) is 14.7. The highest BCUT2D eigenvalue weighted by Crippen LogP contribution is 2.62. The first-order chi connectivity index (χ1) is 18.3. The molecule has 0 amide bonds. The Hall–Kier alpha value is -0.0700. The Morgan fingerprint density at radius 3 is 2.00 bits per heavy atom. The first-order valence-electron chi connectivity index (χ1n) is 15.8. The monoisotopic (exact) mass is 578 g/mol. The van der Waals surface area contributed by atoms with Crippen molar-refractivity contribution in [2.75, 3.05) is 19.0 Å². The summed E-state index contributed by atoms with van der Waals surface area (Å²) >= 11 is 0.989. The lowest BCUT2D eigenvalue weighted by atomic mass is 9.81. The molecule has 1 rings (SSSR count). The van der Waals surface area contributed by atoms with Crippen molar-refractivity contribution in [3.8, 4) is 0 Å². The Morgan fingerprint density at radius 2 is 1.42 bits per heavy atom. The van der Waals surface area contributed by atoms with Gasteiger partial charge in [-0.1, -0.05) is 130 Å². The van der Waals surface area contributed by atoms with E-state index in [0.717, 1.165) is 43.9 Å². The molecule has 6 nitrogen and oxygen atoms in total. The molecule has 1 aliphatic carbocycles. The molecule has 226 valence electrons. The number of thioether (sulfide) groups is 1. The second-order valence-electron chi connectivity index (χ2n) is 11.2. The molecule has 0 aliphatic heterocycles. The highest BCUT2D eigenvalue weighted by molar-refractivity contribution is 8.07. The first-order valence-corrected chi connectivity index (χ1v) is 18.4. The molecule has 0 aromatic rings. The van der Waals surface area contributed by atoms with E-state index in [1.807, 2.05) is 6.92 Å². The SMILES string of the molecule is CCCCCCCCCCOC(SCCC(CCCCC)C1CCCCCC1)(C(=O)O)P(=O)(O)OCCC. The third kappa shape index (κ3) is 13.5. The molecule has 0 radical (unpaired) electrons. The molecule has 0 aromatic carbocycles. The largest absolute Gasteiger partial charge is 0.478 e. The maximum atomic E-state index is 13.3. The molecule has 0 saturated heterocycles. The van der Waals surface area contributed by atoms with Crippen LogP contribution in [0.2, 0.25) is 0 Å². The quantitative estimate of drug-likeness (QED) is 0.0509. The van der Waals surface area contributed by atoms with Gasteiger partial charge >= 0.3 is 18.2 Å². The van der Waals surface area contributed by atoms with Crippen LogP contribution in [0.3, 0.4) is 0 Å². The highest BCUT2D eigenvalue weighted by atomic mass is 32.2. The standard InChI is InChI=1S/C30H59O6PS/c1-4-7-9-10-11-12-15-19-25-35-30(29(31)32,37(33,34)36-24-6-3)38-26-23-28(20-16-8-5-2)27-21-17-13-14-18-22-27/h27-28H,4-26H2,1-3H3,(H,31,32)(H,33,34). The molecule has 3 unspecified atom stereocenters. The van der Waals surface area contributed by atoms with E-state index in [-0.39, 0.29) is 13.2 Å². The van der Waals surface area contributed by atoms with Crippen molar-refractivity contribution in [3.63, 3.8) is 0 Å². The molecule has 1 fully saturated rings. The number of carbonyl (C=O) groups is 1. The van der Waals surface area contributed by atoms with Gasteiger partial charge in [0.05, 0.1) is 6.61 Å². The summed E-state index contributed by atoms with van der Waals surface area (Å²) in [6, 6.07) is 0. The van der Waals surface area contributed by atoms with Gasteiger partial charge in [-0.2, -0.15) is 0 Å². The van der Waals surface area contributed by atoms with Crippen molar-refractivity contribution in [1.82, 2.24) is 0 Å². The average molecular weight is 579 g/mol. The van der Waals surface area contributed by atoms with Gasteiger partial charge in [0.25, 0.3) is 0 Å². The summed E-state index contributed by atoms with van der Waals surface area (Å²) in [7, 11) is -4.56. The molecule has 38 heavy (non-hydrogen) atoms. The molecule has 2 N–H and O–H groups in total. The van der Waals surface area contributed by atoms with Crippen LogP contribution in [0, 0.1) is 11.8 Å². The molecular weight excluding hydrogens is 519 g/mol. The smallest absolute Gasteiger partial charge is 0.382 e. The fourth-order valence-corrected chi connectivity index (χ4v) is 8.77. The van der Waals surface area contributed by atoms with E-state index in [1.165, 1.54) is 83.5 Å². The summed E-state index contributed by atoms with van der Waals surface area (Å²) in [6.45, 7) is 6.45. The highest BCUT2D eigenvalue weighted by Gasteiger charge is 2.58. The minimum Gasteiger partial charge on any atom is -0.478 e. The predicted octanol–water partition coefficient (Wildman–Crippen LogP) is 9.78. The Morgan fingerprint density at radius 1 is 0.842 bits per heavy atom. The number of unbranched alkanes of at least 4 members (excludes halogenated alkanes) is 9. The van der Waals surface area contributed by atoms with Gasteiger partial charge < -0.3 is 19.3 Å². The summed E-state index contributed by atoms with van der Waals surface area (Å²) in [6.07, 6.45) is 22.6. The fourth-order valence-electron chi connectivity index (χ4n) is 5.60. The zero-order valence-corrected chi connectivity index (χ0v) is 26.5. The third-order valence-corrected chi connectivity index (χ3v) is 11.7. The van der Waals surface area contributed by atoms with Crippen LogP contribution in [0.25, 0.3) is 0 Å². The Bertz CT molecular complexity index is 640. The van der Waals surface area contributed by atoms with Crippen LogP contribution in [0.5, 0.6) is 0 Å². The molecular formula is C30H59O6PS. The summed E-state index contributed by atoms with van der Waals surface area (Å²) in [5.41, 5.74) is 0. The van der Waals surface area contributed by atoms with Crippen molar-refractivity contribution in [2.45, 2.75) is 154 Å². The minimum absolute atomic E-state index is 0.0339. The van der Waals surface area contributed by atoms with Crippen molar-refractivity contribution in [1.29, 1.82) is 0 Å². The van der Waals surface area contributed by atoms with Crippen molar-refractivity contribution < 1.29 is 28.6 Å². The summed E-state index contributed by atoms with van der Waals surface area (Å²) in [5, 5.41) is 10.2. The van der Waals surface area contributed by atoms with Gasteiger partial charge in [0, 0.05) is 6.61 Å². The van der Waals surface area contributed by atoms with Gasteiger partial charge in [-0.15, -0.1) is 11.8 Å². The number of aliphatic carboxylic acids is 1. The molecule has 8 heteroatoms. The Balaban J connectivity index is 2.83. The van der Waals surface area contributed by atoms with E-state index in [1.54, 1.807) is 0 Å². The number of carboxylic acid groups (broad SMARTS) is 1. The van der Waals surface area contributed by atoms with Gasteiger partial charge in [-0.3, -0.25) is 4.57 Å². The summed E-state index contributed by atoms with van der Waals surface area (Å²) in [5.74, 6) is 0.281. The first kappa shape index (κ1) is 36.0. The molecule has 1 saturated carbocycles. The molecule has 3 atom stereocenters. The lowest BCUT2D eigenvalue weighted by molar-refractivity contribution is -0.148. The van der Waals surface area contributed by atoms with Crippen LogP contribution in [0.15, 0.2) is 0 Å². The van der Waals surface area contributed by atoms with Gasteiger partial charge in [-0.05, 0) is 36.9 Å². The van der Waals surface area contributed by atoms with Crippen molar-refractivity contribution in [3.05, 3.63) is 0 Å². The van der Waals surface area contributed by atoms with Crippen LogP contribution in [0.1, 0.15) is 149 Å². The zero-order chi connectivity index (χ0) is 28.1. The number of carboxylic acids is 1. The molecule has 0 aromatic heterocycles. The van der Waals surface area contributed by atoms with Crippen LogP contribution >= 0.6 is 19.4 Å². The number of ether oxygens (including phenoxy) is 1. The number of rotatable bonds is 24. The Labute approximate surface area is 238 Å². The maximum Gasteiger partial charge on any atom is 0.382 e. The van der Waals surface area contributed by atoms with Gasteiger partial charge in [0.15, 0.2) is 0 Å². The maximum absolute atomic E-state index is 13.3. The minimum atomic E-state index is -4.56. The molecule has 1 aliphatic rings. The topological polar surface area (TPSA) is 93.1 Å². The van der Waals surface area contributed by atoms with E-state index < -0.39 is 18.2 Å². The predicted molar refractivity (Wildman–Crippen MR) is 161 cm³/mol. The molecule has 0 spiro atoms.